The number of nitrogens with one attached hydrogen (secondary N) is 2. The molecule has 5 nitrogen and oxygen atoms in total. The van der Waals surface area contributed by atoms with Crippen LogP contribution in [0.2, 0.25) is 5.02 Å². The summed E-state index contributed by atoms with van der Waals surface area (Å²) < 4.78 is 1.83. The highest BCUT2D eigenvalue weighted by atomic mass is 35.5. The van der Waals surface area contributed by atoms with Gasteiger partial charge < -0.3 is 10.6 Å². The molecule has 7 heteroatoms. The number of aromatic nitrogens is 2. The lowest BCUT2D eigenvalue weighted by Gasteiger charge is -2.13. The number of hydrogen-bond donors (Lipinski definition) is 2. The maximum absolute atomic E-state index is 12.5. The Morgan fingerprint density at radius 1 is 1.32 bits per heavy atom. The van der Waals surface area contributed by atoms with Crippen molar-refractivity contribution in [3.8, 4) is 0 Å². The molecule has 2 rings (SSSR count). The first-order chi connectivity index (χ1) is 11.4. The molecule has 0 bridgehead atoms. The van der Waals surface area contributed by atoms with Crippen LogP contribution >= 0.6 is 24.0 Å². The molecule has 2 aromatic rings. The zero-order valence-electron chi connectivity index (χ0n) is 15.1. The topological polar surface area (TPSA) is 58.9 Å². The molecule has 1 heterocycles. The molecule has 138 valence electrons. The third kappa shape index (κ3) is 5.46. The summed E-state index contributed by atoms with van der Waals surface area (Å²) in [6.07, 6.45) is 0. The number of carbonyl (C=O) groups excluding carboxylic acids is 1. The Balaban J connectivity index is 0.00000312. The molecule has 0 spiro atoms. The van der Waals surface area contributed by atoms with Crippen molar-refractivity contribution in [1.29, 1.82) is 0 Å². The summed E-state index contributed by atoms with van der Waals surface area (Å²) >= 11 is 6.22. The number of likely N-dealkylation sites (N-methyl/N-ethyl adjacent to an activating group) is 1. The fourth-order valence-electron chi connectivity index (χ4n) is 2.72. The molecule has 2 N–H and O–H groups in total. The van der Waals surface area contributed by atoms with Gasteiger partial charge in [-0.3, -0.25) is 9.48 Å². The summed E-state index contributed by atoms with van der Waals surface area (Å²) in [5.41, 5.74) is 3.21. The normalized spacial score (nSPS) is 11.7. The van der Waals surface area contributed by atoms with E-state index in [4.69, 9.17) is 11.6 Å². The number of aryl methyl sites for hydroxylation is 1. The van der Waals surface area contributed by atoms with E-state index in [0.29, 0.717) is 23.7 Å². The van der Waals surface area contributed by atoms with Crippen molar-refractivity contribution in [3.63, 3.8) is 0 Å². The molecule has 0 aliphatic heterocycles. The van der Waals surface area contributed by atoms with E-state index in [1.54, 1.807) is 0 Å². The summed E-state index contributed by atoms with van der Waals surface area (Å²) in [5.74, 6) is -0.0832. The van der Waals surface area contributed by atoms with Gasteiger partial charge in [-0.15, -0.1) is 12.4 Å². The number of halogens is 2. The largest absolute Gasteiger partial charge is 0.350 e. The number of carbonyl (C=O) groups is 1. The number of hydrogen-bond acceptors (Lipinski definition) is 3. The van der Waals surface area contributed by atoms with Gasteiger partial charge in [0, 0.05) is 23.3 Å². The van der Waals surface area contributed by atoms with Gasteiger partial charge >= 0.3 is 0 Å². The van der Waals surface area contributed by atoms with Crippen molar-refractivity contribution in [3.05, 3.63) is 51.8 Å². The van der Waals surface area contributed by atoms with Gasteiger partial charge in [0.05, 0.1) is 17.8 Å². The van der Waals surface area contributed by atoms with Gasteiger partial charge in [-0.25, -0.2) is 0 Å². The standard InChI is InChI=1S/C18H25ClN4O.ClH/c1-5-20-12(2)10-21-18(24)17-13(3)22-23(14(17)4)11-15-8-6-7-9-16(15)19;/h6-9,12,20H,5,10-11H2,1-4H3,(H,21,24);1H/t12-;/m1./s1. The summed E-state index contributed by atoms with van der Waals surface area (Å²) in [7, 11) is 0. The first kappa shape index (κ1) is 21.5. The quantitative estimate of drug-likeness (QED) is 0.769. The summed E-state index contributed by atoms with van der Waals surface area (Å²) in [5, 5.41) is 11.5. The molecule has 0 fully saturated rings. The van der Waals surface area contributed by atoms with Crippen LogP contribution in [0.1, 0.15) is 41.2 Å². The van der Waals surface area contributed by atoms with E-state index < -0.39 is 0 Å². The second-order valence-electron chi connectivity index (χ2n) is 5.96. The van der Waals surface area contributed by atoms with E-state index in [9.17, 15) is 4.79 Å². The molecule has 0 saturated carbocycles. The second kappa shape index (κ2) is 9.80. The van der Waals surface area contributed by atoms with Gasteiger partial charge in [0.25, 0.3) is 5.91 Å². The van der Waals surface area contributed by atoms with Crippen LogP contribution in [-0.2, 0) is 6.54 Å². The molecule has 0 aliphatic carbocycles. The highest BCUT2D eigenvalue weighted by molar-refractivity contribution is 6.31. The maximum atomic E-state index is 12.5. The number of benzene rings is 1. The summed E-state index contributed by atoms with van der Waals surface area (Å²) in [6.45, 7) is 9.88. The van der Waals surface area contributed by atoms with Gasteiger partial charge in [0.15, 0.2) is 0 Å². The van der Waals surface area contributed by atoms with Crippen LogP contribution < -0.4 is 10.6 Å². The van der Waals surface area contributed by atoms with Crippen LogP contribution in [0.4, 0.5) is 0 Å². The predicted octanol–water partition coefficient (Wildman–Crippen LogP) is 3.35. The fourth-order valence-corrected chi connectivity index (χ4v) is 2.92. The van der Waals surface area contributed by atoms with E-state index in [1.165, 1.54) is 0 Å². The second-order valence-corrected chi connectivity index (χ2v) is 6.37. The number of rotatable bonds is 7. The minimum absolute atomic E-state index is 0. The lowest BCUT2D eigenvalue weighted by atomic mass is 10.1. The first-order valence-corrected chi connectivity index (χ1v) is 8.60. The lowest BCUT2D eigenvalue weighted by molar-refractivity contribution is 0.0949. The van der Waals surface area contributed by atoms with Crippen molar-refractivity contribution < 1.29 is 4.79 Å². The van der Waals surface area contributed by atoms with E-state index in [-0.39, 0.29) is 24.4 Å². The fraction of sp³-hybridized carbons (Fsp3) is 0.444. The average Bonchev–Trinajstić information content (AvgIpc) is 2.82. The molecule has 0 saturated heterocycles. The molecule has 25 heavy (non-hydrogen) atoms. The number of nitrogens with zero attached hydrogens (tertiary/aromatic N) is 2. The lowest BCUT2D eigenvalue weighted by Crippen LogP contribution is -2.39. The highest BCUT2D eigenvalue weighted by Gasteiger charge is 2.19. The Hall–Kier alpha value is -1.56. The van der Waals surface area contributed by atoms with Crippen molar-refractivity contribution in [2.45, 2.75) is 40.3 Å². The van der Waals surface area contributed by atoms with Gasteiger partial charge in [-0.1, -0.05) is 36.7 Å². The predicted molar refractivity (Wildman–Crippen MR) is 105 cm³/mol. The Kier molecular flexibility index (Phi) is 8.42. The maximum Gasteiger partial charge on any atom is 0.255 e. The molecule has 1 amide bonds. The van der Waals surface area contributed by atoms with Crippen molar-refractivity contribution in [2.75, 3.05) is 13.1 Å². The molecule has 0 unspecified atom stereocenters. The van der Waals surface area contributed by atoms with Gasteiger partial charge in [0.2, 0.25) is 0 Å². The third-order valence-corrected chi connectivity index (χ3v) is 4.38. The first-order valence-electron chi connectivity index (χ1n) is 8.23. The van der Waals surface area contributed by atoms with Crippen LogP contribution in [0.15, 0.2) is 24.3 Å². The van der Waals surface area contributed by atoms with Gasteiger partial charge in [-0.2, -0.15) is 5.10 Å². The van der Waals surface area contributed by atoms with Gasteiger partial charge in [-0.05, 0) is 38.9 Å². The molecule has 1 aromatic heterocycles. The monoisotopic (exact) mass is 384 g/mol. The minimum atomic E-state index is -0.0832. The molecule has 1 atom stereocenters. The van der Waals surface area contributed by atoms with Crippen LogP contribution in [0.3, 0.4) is 0 Å². The Bertz CT molecular complexity index is 715. The van der Waals surface area contributed by atoms with Gasteiger partial charge in [0.1, 0.15) is 0 Å². The Morgan fingerprint density at radius 3 is 2.64 bits per heavy atom. The van der Waals surface area contributed by atoms with Crippen molar-refractivity contribution in [1.82, 2.24) is 20.4 Å². The Labute approximate surface area is 160 Å². The van der Waals surface area contributed by atoms with Crippen LogP contribution in [0.5, 0.6) is 0 Å². The van der Waals surface area contributed by atoms with Crippen molar-refractivity contribution in [2.24, 2.45) is 0 Å². The average molecular weight is 385 g/mol. The van der Waals surface area contributed by atoms with E-state index >= 15 is 0 Å². The molecular weight excluding hydrogens is 359 g/mol. The van der Waals surface area contributed by atoms with Crippen LogP contribution in [0.25, 0.3) is 0 Å². The van der Waals surface area contributed by atoms with Crippen LogP contribution in [0, 0.1) is 13.8 Å². The van der Waals surface area contributed by atoms with E-state index in [0.717, 1.165) is 23.5 Å². The minimum Gasteiger partial charge on any atom is -0.350 e. The highest BCUT2D eigenvalue weighted by Crippen LogP contribution is 2.19. The smallest absolute Gasteiger partial charge is 0.255 e. The van der Waals surface area contributed by atoms with E-state index in [2.05, 4.69) is 15.7 Å². The van der Waals surface area contributed by atoms with E-state index in [1.807, 2.05) is 56.6 Å². The zero-order chi connectivity index (χ0) is 17.7. The third-order valence-electron chi connectivity index (χ3n) is 4.01. The SMILES string of the molecule is CCN[C@H](C)CNC(=O)c1c(C)nn(Cc2ccccc2Cl)c1C.Cl. The summed E-state index contributed by atoms with van der Waals surface area (Å²) in [4.78, 5) is 12.5. The number of amides is 1. The molecular formula is C18H26Cl2N4O. The Morgan fingerprint density at radius 2 is 2.00 bits per heavy atom. The van der Waals surface area contributed by atoms with Crippen molar-refractivity contribution >= 4 is 29.9 Å². The molecule has 0 radical (unpaired) electrons. The van der Waals surface area contributed by atoms with Crippen LogP contribution in [-0.4, -0.2) is 34.8 Å². The molecule has 0 aliphatic rings. The zero-order valence-corrected chi connectivity index (χ0v) is 16.7. The summed E-state index contributed by atoms with van der Waals surface area (Å²) in [6, 6.07) is 7.91. The molecule has 1 aromatic carbocycles.